The second kappa shape index (κ2) is 6.21. The van der Waals surface area contributed by atoms with Crippen LogP contribution in [0, 0.1) is 6.92 Å². The molecule has 2 aromatic heterocycles. The molecule has 2 N–H and O–H groups in total. The Morgan fingerprint density at radius 3 is 2.74 bits per heavy atom. The molecule has 0 saturated carbocycles. The van der Waals surface area contributed by atoms with Crippen molar-refractivity contribution in [2.75, 3.05) is 0 Å². The van der Waals surface area contributed by atoms with Gasteiger partial charge >= 0.3 is 0 Å². The number of carbonyl (C=O) groups is 1. The Kier molecular flexibility index (Phi) is 4.12. The van der Waals surface area contributed by atoms with Crippen LogP contribution >= 0.6 is 11.6 Å². The van der Waals surface area contributed by atoms with Gasteiger partial charge in [-0.05, 0) is 38.1 Å². The van der Waals surface area contributed by atoms with E-state index in [1.54, 1.807) is 38.1 Å². The maximum Gasteiger partial charge on any atom is 0.255 e. The van der Waals surface area contributed by atoms with E-state index in [4.69, 9.17) is 16.1 Å². The Labute approximate surface area is 137 Å². The van der Waals surface area contributed by atoms with Crippen molar-refractivity contribution in [2.45, 2.75) is 19.9 Å². The van der Waals surface area contributed by atoms with E-state index in [-0.39, 0.29) is 5.91 Å². The van der Waals surface area contributed by atoms with Crippen LogP contribution in [0.4, 0.5) is 0 Å². The molecule has 0 bridgehead atoms. The number of hydrogen-bond donors (Lipinski definition) is 2. The minimum absolute atomic E-state index is 0.255. The average Bonchev–Trinajstić information content (AvgIpc) is 3.17. The van der Waals surface area contributed by atoms with Crippen LogP contribution in [0.15, 0.2) is 35.0 Å². The Hall–Kier alpha value is -2.67. The van der Waals surface area contributed by atoms with Crippen molar-refractivity contribution in [1.82, 2.24) is 25.7 Å². The Morgan fingerprint density at radius 2 is 2.09 bits per heavy atom. The van der Waals surface area contributed by atoms with Gasteiger partial charge in [-0.25, -0.2) is 0 Å². The number of H-pyrrole nitrogens is 1. The number of rotatable bonds is 4. The SMILES string of the molecule is Cc1[nH]ncc1C(=O)NC(C)c1nc(-c2ccc(Cl)cc2)no1. The number of halogens is 1. The maximum atomic E-state index is 12.1. The molecule has 0 fully saturated rings. The molecule has 0 saturated heterocycles. The van der Waals surface area contributed by atoms with Gasteiger partial charge in [-0.15, -0.1) is 0 Å². The second-order valence-electron chi connectivity index (χ2n) is 5.07. The lowest BCUT2D eigenvalue weighted by molar-refractivity contribution is 0.0932. The number of carbonyl (C=O) groups excluding carboxylic acids is 1. The summed E-state index contributed by atoms with van der Waals surface area (Å²) in [7, 11) is 0. The first-order valence-corrected chi connectivity index (χ1v) is 7.33. The number of aryl methyl sites for hydroxylation is 1. The smallest absolute Gasteiger partial charge is 0.255 e. The lowest BCUT2D eigenvalue weighted by Crippen LogP contribution is -2.27. The Bertz CT molecular complexity index is 825. The molecule has 8 heteroatoms. The van der Waals surface area contributed by atoms with Gasteiger partial charge in [-0.3, -0.25) is 9.89 Å². The van der Waals surface area contributed by atoms with Crippen LogP contribution in [-0.2, 0) is 0 Å². The quantitative estimate of drug-likeness (QED) is 0.766. The summed E-state index contributed by atoms with van der Waals surface area (Å²) in [6.45, 7) is 3.55. The molecule has 1 aromatic carbocycles. The molecule has 3 rings (SSSR count). The monoisotopic (exact) mass is 331 g/mol. The Morgan fingerprint density at radius 1 is 1.35 bits per heavy atom. The lowest BCUT2D eigenvalue weighted by Gasteiger charge is -2.08. The van der Waals surface area contributed by atoms with Gasteiger partial charge in [0, 0.05) is 16.3 Å². The third-order valence-corrected chi connectivity index (χ3v) is 3.59. The van der Waals surface area contributed by atoms with E-state index in [1.165, 1.54) is 6.20 Å². The average molecular weight is 332 g/mol. The molecular weight excluding hydrogens is 318 g/mol. The first kappa shape index (κ1) is 15.2. The van der Waals surface area contributed by atoms with Crippen molar-refractivity contribution in [2.24, 2.45) is 0 Å². The highest BCUT2D eigenvalue weighted by Gasteiger charge is 2.19. The second-order valence-corrected chi connectivity index (χ2v) is 5.50. The summed E-state index contributed by atoms with van der Waals surface area (Å²) in [4.78, 5) is 16.5. The highest BCUT2D eigenvalue weighted by atomic mass is 35.5. The van der Waals surface area contributed by atoms with Crippen molar-refractivity contribution in [3.8, 4) is 11.4 Å². The maximum absolute atomic E-state index is 12.1. The molecule has 118 valence electrons. The minimum atomic E-state index is -0.426. The zero-order valence-corrected chi connectivity index (χ0v) is 13.3. The van der Waals surface area contributed by atoms with E-state index >= 15 is 0 Å². The third-order valence-electron chi connectivity index (χ3n) is 3.34. The summed E-state index contributed by atoms with van der Waals surface area (Å²) in [5.41, 5.74) is 1.96. The zero-order valence-electron chi connectivity index (χ0n) is 12.5. The molecule has 3 aromatic rings. The van der Waals surface area contributed by atoms with Gasteiger partial charge in [0.2, 0.25) is 11.7 Å². The molecule has 23 heavy (non-hydrogen) atoms. The summed E-state index contributed by atoms with van der Waals surface area (Å²) in [6, 6.07) is 6.68. The fourth-order valence-electron chi connectivity index (χ4n) is 2.04. The minimum Gasteiger partial charge on any atom is -0.340 e. The number of aromatic amines is 1. The summed E-state index contributed by atoms with van der Waals surface area (Å²) in [6.07, 6.45) is 1.48. The topological polar surface area (TPSA) is 96.7 Å². The first-order valence-electron chi connectivity index (χ1n) is 6.95. The molecule has 0 aliphatic carbocycles. The Balaban J connectivity index is 1.73. The van der Waals surface area contributed by atoms with Crippen molar-refractivity contribution in [3.63, 3.8) is 0 Å². The number of aromatic nitrogens is 4. The van der Waals surface area contributed by atoms with Crippen molar-refractivity contribution in [1.29, 1.82) is 0 Å². The number of benzene rings is 1. The van der Waals surface area contributed by atoms with E-state index in [2.05, 4.69) is 25.7 Å². The predicted molar refractivity (Wildman–Crippen MR) is 83.9 cm³/mol. The fraction of sp³-hybridized carbons (Fsp3) is 0.200. The lowest BCUT2D eigenvalue weighted by atomic mass is 10.2. The third kappa shape index (κ3) is 3.24. The summed E-state index contributed by atoms with van der Waals surface area (Å²) < 4.78 is 5.23. The molecule has 2 heterocycles. The number of nitrogens with one attached hydrogen (secondary N) is 2. The molecule has 0 aliphatic rings. The van der Waals surface area contributed by atoms with Crippen LogP contribution in [0.2, 0.25) is 5.02 Å². The first-order chi connectivity index (χ1) is 11.0. The van der Waals surface area contributed by atoms with Crippen LogP contribution in [0.3, 0.4) is 0 Å². The largest absolute Gasteiger partial charge is 0.340 e. The van der Waals surface area contributed by atoms with E-state index in [1.807, 2.05) is 0 Å². The highest BCUT2D eigenvalue weighted by Crippen LogP contribution is 2.20. The highest BCUT2D eigenvalue weighted by molar-refractivity contribution is 6.30. The van der Waals surface area contributed by atoms with Crippen molar-refractivity contribution < 1.29 is 9.32 Å². The molecule has 7 nitrogen and oxygen atoms in total. The van der Waals surface area contributed by atoms with Crippen LogP contribution in [-0.4, -0.2) is 26.2 Å². The zero-order chi connectivity index (χ0) is 16.4. The summed E-state index contributed by atoms with van der Waals surface area (Å²) in [5.74, 6) is 0.511. The standard InChI is InChI=1S/C15H14ClN5O2/c1-8-12(7-17-20-8)14(22)18-9(2)15-19-13(21-23-15)10-3-5-11(16)6-4-10/h3-7,9H,1-2H3,(H,17,20)(H,18,22). The van der Waals surface area contributed by atoms with Crippen LogP contribution < -0.4 is 5.32 Å². The van der Waals surface area contributed by atoms with Gasteiger partial charge in [0.15, 0.2) is 0 Å². The van der Waals surface area contributed by atoms with Gasteiger partial charge in [-0.2, -0.15) is 10.1 Å². The molecule has 0 spiro atoms. The van der Waals surface area contributed by atoms with E-state index in [0.29, 0.717) is 28.0 Å². The summed E-state index contributed by atoms with van der Waals surface area (Å²) in [5, 5.41) is 13.9. The van der Waals surface area contributed by atoms with Gasteiger partial charge in [0.1, 0.15) is 6.04 Å². The van der Waals surface area contributed by atoms with E-state index < -0.39 is 6.04 Å². The van der Waals surface area contributed by atoms with Gasteiger partial charge in [0.05, 0.1) is 11.8 Å². The normalized spacial score (nSPS) is 12.1. The molecule has 1 amide bonds. The van der Waals surface area contributed by atoms with Crippen molar-refractivity contribution >= 4 is 17.5 Å². The molecular formula is C15H14ClN5O2. The number of amides is 1. The van der Waals surface area contributed by atoms with Crippen LogP contribution in [0.1, 0.15) is 34.9 Å². The van der Waals surface area contributed by atoms with Crippen LogP contribution in [0.25, 0.3) is 11.4 Å². The molecule has 1 atom stereocenters. The van der Waals surface area contributed by atoms with Gasteiger partial charge in [-0.1, -0.05) is 16.8 Å². The number of hydrogen-bond acceptors (Lipinski definition) is 5. The number of nitrogens with zero attached hydrogens (tertiary/aromatic N) is 3. The molecule has 1 unspecified atom stereocenters. The molecule has 0 radical (unpaired) electrons. The van der Waals surface area contributed by atoms with Crippen molar-refractivity contribution in [3.05, 3.63) is 52.6 Å². The fourth-order valence-corrected chi connectivity index (χ4v) is 2.17. The summed E-state index contributed by atoms with van der Waals surface area (Å²) >= 11 is 5.85. The van der Waals surface area contributed by atoms with Gasteiger partial charge < -0.3 is 9.84 Å². The predicted octanol–water partition coefficient (Wildman–Crippen LogP) is 2.91. The van der Waals surface area contributed by atoms with Gasteiger partial charge in [0.25, 0.3) is 5.91 Å². The molecule has 0 aliphatic heterocycles. The van der Waals surface area contributed by atoms with E-state index in [0.717, 1.165) is 5.56 Å². The van der Waals surface area contributed by atoms with Crippen LogP contribution in [0.5, 0.6) is 0 Å². The van der Waals surface area contributed by atoms with E-state index in [9.17, 15) is 4.79 Å².